The SMILES string of the molecule is CC(C)(C)C1CCCC(O)(CN)CC1. The smallest absolute Gasteiger partial charge is 0.0769 e. The fraction of sp³-hybridized carbons (Fsp3) is 1.00. The fourth-order valence-electron chi connectivity index (χ4n) is 2.46. The molecule has 1 fully saturated rings. The zero-order valence-corrected chi connectivity index (χ0v) is 9.84. The van der Waals surface area contributed by atoms with Crippen LogP contribution in [0.15, 0.2) is 0 Å². The van der Waals surface area contributed by atoms with E-state index in [1.807, 2.05) is 0 Å². The summed E-state index contributed by atoms with van der Waals surface area (Å²) in [6, 6.07) is 0. The highest BCUT2D eigenvalue weighted by molar-refractivity contribution is 4.87. The van der Waals surface area contributed by atoms with Crippen molar-refractivity contribution in [2.45, 2.75) is 58.5 Å². The summed E-state index contributed by atoms with van der Waals surface area (Å²) >= 11 is 0. The van der Waals surface area contributed by atoms with Crippen LogP contribution in [0.1, 0.15) is 52.9 Å². The predicted octanol–water partition coefficient (Wildman–Crippen LogP) is 2.30. The van der Waals surface area contributed by atoms with Crippen LogP contribution in [0.4, 0.5) is 0 Å². The number of hydrogen-bond acceptors (Lipinski definition) is 2. The fourth-order valence-corrected chi connectivity index (χ4v) is 2.46. The van der Waals surface area contributed by atoms with E-state index in [9.17, 15) is 5.11 Å². The first-order valence-electron chi connectivity index (χ1n) is 5.80. The zero-order chi connectivity index (χ0) is 10.8. The number of rotatable bonds is 1. The molecule has 1 aliphatic rings. The molecule has 2 atom stereocenters. The minimum absolute atomic E-state index is 0.375. The zero-order valence-electron chi connectivity index (χ0n) is 9.84. The van der Waals surface area contributed by atoms with E-state index >= 15 is 0 Å². The summed E-state index contributed by atoms with van der Waals surface area (Å²) in [4.78, 5) is 0. The van der Waals surface area contributed by atoms with Gasteiger partial charge in [0.25, 0.3) is 0 Å². The van der Waals surface area contributed by atoms with Gasteiger partial charge in [-0.3, -0.25) is 0 Å². The molecule has 2 nitrogen and oxygen atoms in total. The van der Waals surface area contributed by atoms with E-state index in [4.69, 9.17) is 5.73 Å². The van der Waals surface area contributed by atoms with Crippen LogP contribution in [0.3, 0.4) is 0 Å². The lowest BCUT2D eigenvalue weighted by molar-refractivity contribution is 0.0310. The lowest BCUT2D eigenvalue weighted by Crippen LogP contribution is -2.37. The van der Waals surface area contributed by atoms with E-state index in [1.54, 1.807) is 0 Å². The van der Waals surface area contributed by atoms with Crippen LogP contribution in [0.5, 0.6) is 0 Å². The molecule has 1 rings (SSSR count). The minimum Gasteiger partial charge on any atom is -0.389 e. The van der Waals surface area contributed by atoms with Gasteiger partial charge in [-0.1, -0.05) is 27.2 Å². The molecular weight excluding hydrogens is 174 g/mol. The Morgan fingerprint density at radius 3 is 2.43 bits per heavy atom. The second kappa shape index (κ2) is 4.19. The summed E-state index contributed by atoms with van der Waals surface area (Å²) in [6.45, 7) is 7.31. The van der Waals surface area contributed by atoms with Gasteiger partial charge in [0.05, 0.1) is 5.60 Å². The third-order valence-corrected chi connectivity index (χ3v) is 3.76. The Balaban J connectivity index is 2.57. The maximum absolute atomic E-state index is 10.1. The highest BCUT2D eigenvalue weighted by Crippen LogP contribution is 2.39. The molecule has 0 aliphatic heterocycles. The lowest BCUT2D eigenvalue weighted by Gasteiger charge is -2.30. The molecule has 14 heavy (non-hydrogen) atoms. The van der Waals surface area contributed by atoms with Gasteiger partial charge in [-0.25, -0.2) is 0 Å². The third kappa shape index (κ3) is 2.96. The Labute approximate surface area is 87.9 Å². The van der Waals surface area contributed by atoms with Crippen LogP contribution >= 0.6 is 0 Å². The highest BCUT2D eigenvalue weighted by Gasteiger charge is 2.33. The molecule has 2 unspecified atom stereocenters. The molecule has 0 aromatic heterocycles. The summed E-state index contributed by atoms with van der Waals surface area (Å²) in [6.07, 6.45) is 5.25. The molecule has 2 heteroatoms. The first kappa shape index (κ1) is 12.0. The van der Waals surface area contributed by atoms with Gasteiger partial charge in [-0.05, 0) is 37.0 Å². The second-order valence-corrected chi connectivity index (χ2v) is 5.92. The number of aliphatic hydroxyl groups is 1. The molecule has 0 heterocycles. The Morgan fingerprint density at radius 2 is 1.93 bits per heavy atom. The monoisotopic (exact) mass is 199 g/mol. The van der Waals surface area contributed by atoms with E-state index in [0.717, 1.165) is 31.6 Å². The van der Waals surface area contributed by atoms with Crippen molar-refractivity contribution in [3.8, 4) is 0 Å². The quantitative estimate of drug-likeness (QED) is 0.637. The van der Waals surface area contributed by atoms with Crippen molar-refractivity contribution < 1.29 is 5.11 Å². The summed E-state index contributed by atoms with van der Waals surface area (Å²) in [5.74, 6) is 0.739. The van der Waals surface area contributed by atoms with E-state index in [-0.39, 0.29) is 0 Å². The van der Waals surface area contributed by atoms with Gasteiger partial charge >= 0.3 is 0 Å². The van der Waals surface area contributed by atoms with Crippen molar-refractivity contribution in [3.63, 3.8) is 0 Å². The molecule has 0 spiro atoms. The summed E-state index contributed by atoms with van der Waals surface area (Å²) in [5.41, 5.74) is 5.42. The van der Waals surface area contributed by atoms with Crippen molar-refractivity contribution in [1.82, 2.24) is 0 Å². The van der Waals surface area contributed by atoms with Gasteiger partial charge in [0.15, 0.2) is 0 Å². The Hall–Kier alpha value is -0.0800. The maximum Gasteiger partial charge on any atom is 0.0769 e. The van der Waals surface area contributed by atoms with Gasteiger partial charge in [0.2, 0.25) is 0 Å². The van der Waals surface area contributed by atoms with Crippen molar-refractivity contribution in [3.05, 3.63) is 0 Å². The van der Waals surface area contributed by atoms with E-state index in [1.165, 1.54) is 6.42 Å². The van der Waals surface area contributed by atoms with Crippen LogP contribution in [0.2, 0.25) is 0 Å². The summed E-state index contributed by atoms with van der Waals surface area (Å²) < 4.78 is 0. The first-order chi connectivity index (χ1) is 6.37. The molecule has 0 radical (unpaired) electrons. The molecule has 0 bridgehead atoms. The predicted molar refractivity (Wildman–Crippen MR) is 60.0 cm³/mol. The molecule has 0 amide bonds. The number of nitrogens with two attached hydrogens (primary N) is 1. The number of hydrogen-bond donors (Lipinski definition) is 2. The Morgan fingerprint density at radius 1 is 1.29 bits per heavy atom. The molecule has 0 aromatic carbocycles. The summed E-state index contributed by atoms with van der Waals surface area (Å²) in [7, 11) is 0. The Bertz CT molecular complexity index is 185. The average molecular weight is 199 g/mol. The van der Waals surface area contributed by atoms with E-state index < -0.39 is 5.60 Å². The van der Waals surface area contributed by atoms with E-state index in [2.05, 4.69) is 20.8 Å². The Kier molecular flexibility index (Phi) is 3.59. The lowest BCUT2D eigenvalue weighted by atomic mass is 9.76. The normalized spacial score (nSPS) is 35.4. The van der Waals surface area contributed by atoms with Crippen molar-refractivity contribution in [2.24, 2.45) is 17.1 Å². The third-order valence-electron chi connectivity index (χ3n) is 3.76. The molecule has 0 saturated heterocycles. The molecule has 0 aromatic rings. The first-order valence-corrected chi connectivity index (χ1v) is 5.80. The van der Waals surface area contributed by atoms with Gasteiger partial charge in [0, 0.05) is 6.54 Å². The largest absolute Gasteiger partial charge is 0.389 e. The van der Waals surface area contributed by atoms with Gasteiger partial charge in [-0.2, -0.15) is 0 Å². The van der Waals surface area contributed by atoms with Crippen LogP contribution in [-0.2, 0) is 0 Å². The molecular formula is C12H25NO. The topological polar surface area (TPSA) is 46.2 Å². The average Bonchev–Trinajstić information content (AvgIpc) is 2.27. The molecule has 1 aliphatic carbocycles. The van der Waals surface area contributed by atoms with Crippen molar-refractivity contribution >= 4 is 0 Å². The molecule has 84 valence electrons. The van der Waals surface area contributed by atoms with Crippen LogP contribution in [0.25, 0.3) is 0 Å². The molecule has 1 saturated carbocycles. The maximum atomic E-state index is 10.1. The van der Waals surface area contributed by atoms with Crippen molar-refractivity contribution in [2.75, 3.05) is 6.54 Å². The van der Waals surface area contributed by atoms with Gasteiger partial charge in [-0.15, -0.1) is 0 Å². The van der Waals surface area contributed by atoms with Crippen LogP contribution < -0.4 is 5.73 Å². The van der Waals surface area contributed by atoms with Gasteiger partial charge < -0.3 is 10.8 Å². The minimum atomic E-state index is -0.569. The molecule has 3 N–H and O–H groups in total. The standard InChI is InChI=1S/C12H25NO/c1-11(2,3)10-5-4-7-12(14,9-13)8-6-10/h10,14H,4-9,13H2,1-3H3. The summed E-state index contributed by atoms with van der Waals surface area (Å²) in [5, 5.41) is 10.1. The second-order valence-electron chi connectivity index (χ2n) is 5.92. The highest BCUT2D eigenvalue weighted by atomic mass is 16.3. The van der Waals surface area contributed by atoms with Gasteiger partial charge in [0.1, 0.15) is 0 Å². The van der Waals surface area contributed by atoms with Crippen molar-refractivity contribution in [1.29, 1.82) is 0 Å². The van der Waals surface area contributed by atoms with Crippen LogP contribution in [-0.4, -0.2) is 17.3 Å². The van der Waals surface area contributed by atoms with Crippen LogP contribution in [0, 0.1) is 11.3 Å². The van der Waals surface area contributed by atoms with E-state index in [0.29, 0.717) is 12.0 Å².